The summed E-state index contributed by atoms with van der Waals surface area (Å²) in [6.45, 7) is 0. The molecule has 8 nitrogen and oxygen atoms in total. The number of hydrogen-bond acceptors (Lipinski definition) is 7. The van der Waals surface area contributed by atoms with Crippen molar-refractivity contribution in [1.29, 1.82) is 0 Å². The third-order valence-corrected chi connectivity index (χ3v) is 5.65. The van der Waals surface area contributed by atoms with Crippen LogP contribution in [0, 0.1) is 0 Å². The monoisotopic (exact) mass is 451 g/mol. The summed E-state index contributed by atoms with van der Waals surface area (Å²) in [5.74, 6) is 3.04. The third kappa shape index (κ3) is 6.03. The summed E-state index contributed by atoms with van der Waals surface area (Å²) in [6, 6.07) is 12.9. The largest absolute Gasteiger partial charge is 0.497 e. The number of carbonyl (C=O) groups is 1. The van der Waals surface area contributed by atoms with E-state index in [-0.39, 0.29) is 12.0 Å². The van der Waals surface area contributed by atoms with Crippen LogP contribution in [0.25, 0.3) is 11.4 Å². The number of rotatable bonds is 10. The molecule has 0 aliphatic heterocycles. The summed E-state index contributed by atoms with van der Waals surface area (Å²) in [5.41, 5.74) is 1.53. The zero-order valence-corrected chi connectivity index (χ0v) is 19.0. The molecule has 2 aromatic carbocycles. The highest BCUT2D eigenvalue weighted by molar-refractivity contribution is 5.91. The molecule has 4 rings (SSSR count). The number of hydrogen-bond donors (Lipinski definition) is 1. The minimum atomic E-state index is -0.0816. The Hall–Kier alpha value is -3.55. The van der Waals surface area contributed by atoms with E-state index in [1.54, 1.807) is 14.2 Å². The number of carbonyl (C=O) groups excluding carboxylic acids is 1. The molecule has 1 fully saturated rings. The predicted octanol–water partition coefficient (Wildman–Crippen LogP) is 5.04. The Bertz CT molecular complexity index is 1060. The summed E-state index contributed by atoms with van der Waals surface area (Å²) in [6.07, 6.45) is 6.14. The molecule has 174 valence electrons. The fourth-order valence-electron chi connectivity index (χ4n) is 3.87. The first-order valence-electron chi connectivity index (χ1n) is 11.3. The van der Waals surface area contributed by atoms with Gasteiger partial charge in [-0.3, -0.25) is 4.79 Å². The van der Waals surface area contributed by atoms with Gasteiger partial charge in [0.1, 0.15) is 5.75 Å². The molecule has 33 heavy (non-hydrogen) atoms. The van der Waals surface area contributed by atoms with Gasteiger partial charge in [-0.25, -0.2) is 0 Å². The minimum Gasteiger partial charge on any atom is -0.497 e. The Balaban J connectivity index is 1.27. The zero-order valence-electron chi connectivity index (χ0n) is 19.0. The van der Waals surface area contributed by atoms with E-state index in [2.05, 4.69) is 15.5 Å². The predicted molar refractivity (Wildman–Crippen MR) is 124 cm³/mol. The van der Waals surface area contributed by atoms with Gasteiger partial charge in [0.2, 0.25) is 17.6 Å². The number of nitrogens with one attached hydrogen (secondary N) is 1. The van der Waals surface area contributed by atoms with E-state index in [0.717, 1.165) is 24.2 Å². The molecule has 0 radical (unpaired) electrons. The van der Waals surface area contributed by atoms with Crippen molar-refractivity contribution in [2.45, 2.75) is 51.0 Å². The molecular weight excluding hydrogens is 422 g/mol. The lowest BCUT2D eigenvalue weighted by Crippen LogP contribution is -2.14. The van der Waals surface area contributed by atoms with Crippen LogP contribution in [-0.2, 0) is 11.2 Å². The number of anilines is 1. The summed E-state index contributed by atoms with van der Waals surface area (Å²) in [5, 5.41) is 6.96. The number of nitrogens with zero attached hydrogens (tertiary/aromatic N) is 2. The van der Waals surface area contributed by atoms with Gasteiger partial charge in [0.25, 0.3) is 0 Å². The maximum atomic E-state index is 12.4. The third-order valence-electron chi connectivity index (χ3n) is 5.65. The Kier molecular flexibility index (Phi) is 7.44. The van der Waals surface area contributed by atoms with Crippen molar-refractivity contribution in [3.63, 3.8) is 0 Å². The second kappa shape index (κ2) is 10.8. The van der Waals surface area contributed by atoms with Gasteiger partial charge in [0, 0.05) is 30.2 Å². The first kappa shape index (κ1) is 22.6. The van der Waals surface area contributed by atoms with Crippen LogP contribution < -0.4 is 19.5 Å². The van der Waals surface area contributed by atoms with Crippen LogP contribution >= 0.6 is 0 Å². The average Bonchev–Trinajstić information content (AvgIpc) is 3.52. The van der Waals surface area contributed by atoms with Crippen molar-refractivity contribution in [3.05, 3.63) is 48.4 Å². The Morgan fingerprint density at radius 1 is 1.06 bits per heavy atom. The van der Waals surface area contributed by atoms with Gasteiger partial charge >= 0.3 is 0 Å². The number of methoxy groups -OCH3 is 2. The van der Waals surface area contributed by atoms with Crippen molar-refractivity contribution in [2.75, 3.05) is 19.5 Å². The second-order valence-electron chi connectivity index (χ2n) is 8.03. The molecule has 1 amide bonds. The van der Waals surface area contributed by atoms with Gasteiger partial charge < -0.3 is 24.1 Å². The number of aromatic nitrogens is 2. The van der Waals surface area contributed by atoms with Crippen LogP contribution in [-0.4, -0.2) is 36.4 Å². The highest BCUT2D eigenvalue weighted by Crippen LogP contribution is 2.34. The van der Waals surface area contributed by atoms with Crippen molar-refractivity contribution in [2.24, 2.45) is 0 Å². The highest BCUT2D eigenvalue weighted by Gasteiger charge is 2.19. The second-order valence-corrected chi connectivity index (χ2v) is 8.03. The summed E-state index contributed by atoms with van der Waals surface area (Å²) < 4.78 is 22.0. The number of ether oxygens (including phenoxy) is 3. The normalized spacial score (nSPS) is 13.6. The molecule has 0 bridgehead atoms. The van der Waals surface area contributed by atoms with E-state index in [1.807, 2.05) is 42.5 Å². The van der Waals surface area contributed by atoms with E-state index < -0.39 is 0 Å². The Morgan fingerprint density at radius 2 is 1.85 bits per heavy atom. The van der Waals surface area contributed by atoms with E-state index >= 15 is 0 Å². The van der Waals surface area contributed by atoms with Crippen molar-refractivity contribution in [1.82, 2.24) is 10.1 Å². The van der Waals surface area contributed by atoms with Crippen LogP contribution in [0.3, 0.4) is 0 Å². The standard InChI is InChI=1S/C25H29N3O5/c1-30-19-13-10-17(11-14-19)25-27-24(33-28-25)9-5-8-23(29)26-18-12-15-21(31-2)22(16-18)32-20-6-3-4-7-20/h10-16,20H,3-9H2,1-2H3,(H,26,29). The summed E-state index contributed by atoms with van der Waals surface area (Å²) >= 11 is 0. The molecule has 3 aromatic rings. The summed E-state index contributed by atoms with van der Waals surface area (Å²) in [7, 11) is 3.24. The van der Waals surface area contributed by atoms with E-state index in [9.17, 15) is 4.79 Å². The molecular formula is C25H29N3O5. The molecule has 1 aliphatic rings. The molecule has 8 heteroatoms. The molecule has 1 aliphatic carbocycles. The molecule has 0 unspecified atom stereocenters. The van der Waals surface area contributed by atoms with Crippen molar-refractivity contribution in [3.8, 4) is 28.6 Å². The lowest BCUT2D eigenvalue weighted by atomic mass is 10.2. The molecule has 1 N–H and O–H groups in total. The van der Waals surface area contributed by atoms with E-state index in [1.165, 1.54) is 12.8 Å². The quantitative estimate of drug-likeness (QED) is 0.461. The fraction of sp³-hybridized carbons (Fsp3) is 0.400. The van der Waals surface area contributed by atoms with Crippen LogP contribution in [0.4, 0.5) is 5.69 Å². The van der Waals surface area contributed by atoms with Gasteiger partial charge in [0.05, 0.1) is 20.3 Å². The smallest absolute Gasteiger partial charge is 0.226 e. The van der Waals surface area contributed by atoms with Gasteiger partial charge in [-0.1, -0.05) is 5.16 Å². The average molecular weight is 452 g/mol. The zero-order chi connectivity index (χ0) is 23.0. The topological polar surface area (TPSA) is 95.7 Å². The molecule has 1 heterocycles. The maximum Gasteiger partial charge on any atom is 0.226 e. The molecule has 0 spiro atoms. The highest BCUT2D eigenvalue weighted by atomic mass is 16.5. The number of aryl methyl sites for hydroxylation is 1. The van der Waals surface area contributed by atoms with Crippen LogP contribution in [0.5, 0.6) is 17.2 Å². The van der Waals surface area contributed by atoms with Crippen molar-refractivity contribution < 1.29 is 23.5 Å². The fourth-order valence-corrected chi connectivity index (χ4v) is 3.87. The van der Waals surface area contributed by atoms with Crippen LogP contribution in [0.1, 0.15) is 44.4 Å². The molecule has 1 aromatic heterocycles. The SMILES string of the molecule is COc1ccc(-c2noc(CCCC(=O)Nc3ccc(OC)c(OC4CCCC4)c3)n2)cc1. The van der Waals surface area contributed by atoms with Crippen LogP contribution in [0.2, 0.25) is 0 Å². The lowest BCUT2D eigenvalue weighted by molar-refractivity contribution is -0.116. The van der Waals surface area contributed by atoms with Gasteiger partial charge in [-0.2, -0.15) is 4.98 Å². The Labute approximate surface area is 193 Å². The van der Waals surface area contributed by atoms with Gasteiger partial charge in [0.15, 0.2) is 11.5 Å². The molecule has 0 saturated heterocycles. The summed E-state index contributed by atoms with van der Waals surface area (Å²) in [4.78, 5) is 16.9. The first-order chi connectivity index (χ1) is 16.1. The van der Waals surface area contributed by atoms with Gasteiger partial charge in [-0.15, -0.1) is 0 Å². The maximum absolute atomic E-state index is 12.4. The van der Waals surface area contributed by atoms with Crippen LogP contribution in [0.15, 0.2) is 47.0 Å². The lowest BCUT2D eigenvalue weighted by Gasteiger charge is -2.17. The van der Waals surface area contributed by atoms with Gasteiger partial charge in [-0.05, 0) is 68.5 Å². The Morgan fingerprint density at radius 3 is 2.58 bits per heavy atom. The number of benzene rings is 2. The number of amides is 1. The van der Waals surface area contributed by atoms with E-state index in [4.69, 9.17) is 18.7 Å². The minimum absolute atomic E-state index is 0.0816. The first-order valence-corrected chi connectivity index (χ1v) is 11.3. The van der Waals surface area contributed by atoms with Crippen molar-refractivity contribution >= 4 is 11.6 Å². The molecule has 1 saturated carbocycles. The molecule has 0 atom stereocenters. The van der Waals surface area contributed by atoms with E-state index in [0.29, 0.717) is 48.2 Å².